The first kappa shape index (κ1) is 17.1. The number of aromatic amines is 1. The van der Waals surface area contributed by atoms with Gasteiger partial charge in [0, 0.05) is 49.0 Å². The molecule has 0 saturated carbocycles. The van der Waals surface area contributed by atoms with Crippen LogP contribution in [0.4, 0.5) is 5.69 Å². The highest BCUT2D eigenvalue weighted by atomic mass is 35.5. The molecule has 1 amide bonds. The van der Waals surface area contributed by atoms with Gasteiger partial charge < -0.3 is 14.9 Å². The first-order valence-corrected chi connectivity index (χ1v) is 8.47. The van der Waals surface area contributed by atoms with E-state index >= 15 is 0 Å². The molecule has 0 atom stereocenters. The monoisotopic (exact) mass is 385 g/mol. The van der Waals surface area contributed by atoms with Crippen molar-refractivity contribution in [3.8, 4) is 5.75 Å². The van der Waals surface area contributed by atoms with Crippen molar-refractivity contribution >= 4 is 46.4 Å². The topological polar surface area (TPSA) is 60.8 Å². The lowest BCUT2D eigenvalue weighted by molar-refractivity contribution is -0.377. The van der Waals surface area contributed by atoms with Gasteiger partial charge in [0.1, 0.15) is 0 Å². The average molecular weight is 387 g/mol. The summed E-state index contributed by atoms with van der Waals surface area (Å²) in [6.07, 6.45) is 3.70. The van der Waals surface area contributed by atoms with Crippen LogP contribution < -0.4 is 15.0 Å². The number of H-pyrrole nitrogens is 1. The number of hydrogen-bond acceptors (Lipinski definition) is 3. The van der Waals surface area contributed by atoms with Crippen LogP contribution in [0.2, 0.25) is 15.1 Å². The molecule has 3 rings (SSSR count). The lowest BCUT2D eigenvalue weighted by Gasteiger charge is -2.36. The summed E-state index contributed by atoms with van der Waals surface area (Å²) in [7, 11) is 0. The fraction of sp³-hybridized carbons (Fsp3) is 0.250. The molecule has 1 N–H and O–H groups in total. The summed E-state index contributed by atoms with van der Waals surface area (Å²) in [5.74, 6) is -1.02. The number of hydrogen-bond donors (Lipinski definition) is 0. The molecule has 2 heterocycles. The Morgan fingerprint density at radius 2 is 1.67 bits per heavy atom. The zero-order valence-electron chi connectivity index (χ0n) is 12.6. The van der Waals surface area contributed by atoms with Crippen LogP contribution in [0.1, 0.15) is 10.4 Å². The number of carbonyl (C=O) groups is 1. The van der Waals surface area contributed by atoms with Crippen LogP contribution in [-0.2, 0) is 0 Å². The maximum atomic E-state index is 12.7. The van der Waals surface area contributed by atoms with Gasteiger partial charge in [-0.15, -0.1) is 0 Å². The number of benzene rings is 1. The second-order valence-electron chi connectivity index (χ2n) is 5.40. The average Bonchev–Trinajstić information content (AvgIpc) is 2.61. The Morgan fingerprint density at radius 3 is 2.29 bits per heavy atom. The van der Waals surface area contributed by atoms with Crippen LogP contribution in [0.15, 0.2) is 30.6 Å². The van der Waals surface area contributed by atoms with Gasteiger partial charge in [-0.2, -0.15) is 0 Å². The Balaban J connectivity index is 1.77. The maximum absolute atomic E-state index is 12.7. The van der Waals surface area contributed by atoms with Crippen molar-refractivity contribution in [3.63, 3.8) is 0 Å². The summed E-state index contributed by atoms with van der Waals surface area (Å²) in [5, 5.41) is 12.1. The van der Waals surface area contributed by atoms with E-state index in [2.05, 4.69) is 9.88 Å². The minimum absolute atomic E-state index is 0.0444. The van der Waals surface area contributed by atoms with Gasteiger partial charge in [0.15, 0.2) is 12.4 Å². The summed E-state index contributed by atoms with van der Waals surface area (Å²) < 4.78 is 0. The molecular formula is C16H14Cl3N3O2. The van der Waals surface area contributed by atoms with Crippen molar-refractivity contribution in [2.75, 3.05) is 31.1 Å². The van der Waals surface area contributed by atoms with E-state index in [9.17, 15) is 9.90 Å². The number of anilines is 1. The summed E-state index contributed by atoms with van der Waals surface area (Å²) in [6, 6.07) is 5.20. The summed E-state index contributed by atoms with van der Waals surface area (Å²) >= 11 is 17.8. The number of halogens is 3. The molecule has 0 radical (unpaired) electrons. The molecule has 126 valence electrons. The predicted octanol–water partition coefficient (Wildman–Crippen LogP) is 2.50. The van der Waals surface area contributed by atoms with Crippen LogP contribution in [0.5, 0.6) is 5.75 Å². The van der Waals surface area contributed by atoms with Gasteiger partial charge in [0.2, 0.25) is 0 Å². The highest BCUT2D eigenvalue weighted by Crippen LogP contribution is 2.37. The molecule has 1 saturated heterocycles. The molecule has 1 aromatic heterocycles. The van der Waals surface area contributed by atoms with E-state index in [0.29, 0.717) is 26.2 Å². The standard InChI is InChI=1S/C16H14Cl3N3O2/c17-11-9-12(18)15(23)13(14(11)19)16(24)22-7-5-21(6-8-22)10-1-3-20-4-2-10/h1-4,9,23H,5-8H2. The Kier molecular flexibility index (Phi) is 5.04. The van der Waals surface area contributed by atoms with Gasteiger partial charge in [-0.05, 0) is 6.07 Å². The van der Waals surface area contributed by atoms with Gasteiger partial charge in [0.25, 0.3) is 5.91 Å². The molecule has 0 aliphatic carbocycles. The van der Waals surface area contributed by atoms with E-state index in [4.69, 9.17) is 34.8 Å². The SMILES string of the molecule is O=C(c1c([O-])c(Cl)cc(Cl)c1Cl)N1CCN(c2cc[nH+]cc2)CC1. The maximum Gasteiger partial charge on any atom is 0.254 e. The zero-order valence-corrected chi connectivity index (χ0v) is 14.8. The smallest absolute Gasteiger partial charge is 0.254 e. The Hall–Kier alpha value is -1.69. The molecule has 0 bridgehead atoms. The highest BCUT2D eigenvalue weighted by Gasteiger charge is 2.26. The van der Waals surface area contributed by atoms with Crippen LogP contribution >= 0.6 is 34.8 Å². The number of aromatic nitrogens is 1. The molecule has 24 heavy (non-hydrogen) atoms. The minimum Gasteiger partial charge on any atom is -0.871 e. The van der Waals surface area contributed by atoms with Crippen molar-refractivity contribution < 1.29 is 14.9 Å². The summed E-state index contributed by atoms with van der Waals surface area (Å²) in [5.41, 5.74) is 0.922. The van der Waals surface area contributed by atoms with E-state index in [-0.39, 0.29) is 20.6 Å². The molecular weight excluding hydrogens is 373 g/mol. The number of rotatable bonds is 2. The van der Waals surface area contributed by atoms with Gasteiger partial charge in [-0.3, -0.25) is 4.79 Å². The number of piperazine rings is 1. The van der Waals surface area contributed by atoms with Crippen LogP contribution in [-0.4, -0.2) is 37.0 Å². The lowest BCUT2D eigenvalue weighted by atomic mass is 10.1. The van der Waals surface area contributed by atoms with E-state index in [1.165, 1.54) is 6.07 Å². The van der Waals surface area contributed by atoms with Gasteiger partial charge in [0.05, 0.1) is 15.6 Å². The minimum atomic E-state index is -0.586. The normalized spacial score (nSPS) is 14.8. The van der Waals surface area contributed by atoms with E-state index in [0.717, 1.165) is 5.69 Å². The summed E-state index contributed by atoms with van der Waals surface area (Å²) in [4.78, 5) is 19.4. The molecule has 1 aliphatic rings. The number of pyridine rings is 1. The van der Waals surface area contributed by atoms with Crippen molar-refractivity contribution in [1.82, 2.24) is 4.90 Å². The predicted molar refractivity (Wildman–Crippen MR) is 92.0 cm³/mol. The van der Waals surface area contributed by atoms with Crippen LogP contribution in [0, 0.1) is 0 Å². The third kappa shape index (κ3) is 3.24. The number of carbonyl (C=O) groups excluding carboxylic acids is 1. The molecule has 8 heteroatoms. The lowest BCUT2D eigenvalue weighted by Crippen LogP contribution is -2.49. The summed E-state index contributed by atoms with van der Waals surface area (Å²) in [6.45, 7) is 2.29. The number of amides is 1. The van der Waals surface area contributed by atoms with Gasteiger partial charge >= 0.3 is 0 Å². The Labute approximate surface area is 154 Å². The zero-order chi connectivity index (χ0) is 17.3. The fourth-order valence-electron chi connectivity index (χ4n) is 2.68. The van der Waals surface area contributed by atoms with Crippen molar-refractivity contribution in [3.05, 3.63) is 51.2 Å². The highest BCUT2D eigenvalue weighted by molar-refractivity contribution is 6.45. The third-order valence-electron chi connectivity index (χ3n) is 3.97. The second kappa shape index (κ2) is 7.05. The van der Waals surface area contributed by atoms with Gasteiger partial charge in [-0.25, -0.2) is 4.98 Å². The molecule has 0 unspecified atom stereocenters. The molecule has 0 spiro atoms. The Morgan fingerprint density at radius 1 is 1.04 bits per heavy atom. The largest absolute Gasteiger partial charge is 0.871 e. The first-order valence-electron chi connectivity index (χ1n) is 7.34. The molecule has 1 aliphatic heterocycles. The van der Waals surface area contributed by atoms with E-state index in [1.807, 2.05) is 24.5 Å². The van der Waals surface area contributed by atoms with Crippen LogP contribution in [0.3, 0.4) is 0 Å². The fourth-order valence-corrected chi connectivity index (χ4v) is 3.37. The van der Waals surface area contributed by atoms with Crippen LogP contribution in [0.25, 0.3) is 0 Å². The number of nitrogens with zero attached hydrogens (tertiary/aromatic N) is 2. The van der Waals surface area contributed by atoms with Crippen molar-refractivity contribution in [2.24, 2.45) is 0 Å². The number of nitrogens with one attached hydrogen (secondary N) is 1. The van der Waals surface area contributed by atoms with Crippen molar-refractivity contribution in [2.45, 2.75) is 0 Å². The van der Waals surface area contributed by atoms with E-state index < -0.39 is 11.7 Å². The van der Waals surface area contributed by atoms with Crippen molar-refractivity contribution in [1.29, 1.82) is 0 Å². The molecule has 1 fully saturated rings. The third-order valence-corrected chi connectivity index (χ3v) is 5.04. The molecule has 1 aromatic carbocycles. The molecule has 5 nitrogen and oxygen atoms in total. The van der Waals surface area contributed by atoms with E-state index in [1.54, 1.807) is 4.90 Å². The first-order chi connectivity index (χ1) is 11.5. The Bertz CT molecular complexity index is 737. The quantitative estimate of drug-likeness (QED) is 0.745. The van der Waals surface area contributed by atoms with Gasteiger partial charge in [-0.1, -0.05) is 40.6 Å². The second-order valence-corrected chi connectivity index (χ2v) is 6.59. The molecule has 2 aromatic rings.